The van der Waals surface area contributed by atoms with Gasteiger partial charge in [-0.15, -0.1) is 4.59 Å². The van der Waals surface area contributed by atoms with Crippen LogP contribution in [0.4, 0.5) is 4.79 Å². The highest BCUT2D eigenvalue weighted by Crippen LogP contribution is 2.42. The summed E-state index contributed by atoms with van der Waals surface area (Å²) in [6, 6.07) is 21.2. The Morgan fingerprint density at radius 2 is 1.78 bits per heavy atom. The highest BCUT2D eigenvalue weighted by Gasteiger charge is 2.48. The quantitative estimate of drug-likeness (QED) is 0.284. The first-order valence-corrected chi connectivity index (χ1v) is 16.3. The summed E-state index contributed by atoms with van der Waals surface area (Å²) in [5, 5.41) is 4.81. The number of nitrogens with zero attached hydrogens (tertiary/aromatic N) is 6. The predicted octanol–water partition coefficient (Wildman–Crippen LogP) is 5.04. The first-order valence-electron chi connectivity index (χ1n) is 16.3. The summed E-state index contributed by atoms with van der Waals surface area (Å²) in [6.07, 6.45) is 7.35. The van der Waals surface area contributed by atoms with Crippen molar-refractivity contribution in [3.05, 3.63) is 90.0 Å². The number of ether oxygens (including phenoxy) is 1. The van der Waals surface area contributed by atoms with Gasteiger partial charge in [0, 0.05) is 62.2 Å². The summed E-state index contributed by atoms with van der Waals surface area (Å²) in [7, 11) is 0. The molecule has 3 N–H and O–H groups in total. The number of aromatic nitrogens is 1. The Hall–Kier alpha value is -4.22. The van der Waals surface area contributed by atoms with Gasteiger partial charge in [0.05, 0.1) is 29.2 Å². The zero-order valence-corrected chi connectivity index (χ0v) is 26.9. The van der Waals surface area contributed by atoms with Crippen LogP contribution in [-0.4, -0.2) is 88.4 Å². The van der Waals surface area contributed by atoms with Crippen molar-refractivity contribution in [2.24, 2.45) is 21.7 Å². The number of nitrogens with two attached hydrogens (primary N) is 1. The van der Waals surface area contributed by atoms with Crippen LogP contribution in [0.25, 0.3) is 22.2 Å². The van der Waals surface area contributed by atoms with E-state index in [9.17, 15) is 4.79 Å². The van der Waals surface area contributed by atoms with E-state index in [1.807, 2.05) is 56.3 Å². The number of carbonyl (C=O) groups excluding carboxylic acids is 1. The van der Waals surface area contributed by atoms with E-state index in [0.29, 0.717) is 25.0 Å². The van der Waals surface area contributed by atoms with Crippen LogP contribution in [0.15, 0.2) is 94.4 Å². The minimum Gasteiger partial charge on any atom is -0.444 e. The van der Waals surface area contributed by atoms with Gasteiger partial charge < -0.3 is 15.0 Å². The Bertz CT molecular complexity index is 1740. The third-order valence-electron chi connectivity index (χ3n) is 9.25. The topological polar surface area (TPSA) is 108 Å². The van der Waals surface area contributed by atoms with Gasteiger partial charge in [-0.3, -0.25) is 9.89 Å². The third kappa shape index (κ3) is 6.13. The number of amides is 1. The number of quaternary nitrogens is 1. The third-order valence-corrected chi connectivity index (χ3v) is 9.25. The van der Waals surface area contributed by atoms with Crippen LogP contribution in [0.2, 0.25) is 0 Å². The van der Waals surface area contributed by atoms with E-state index < -0.39 is 5.60 Å². The largest absolute Gasteiger partial charge is 0.444 e. The first kappa shape index (κ1) is 30.4. The van der Waals surface area contributed by atoms with Crippen LogP contribution in [0.1, 0.15) is 39.2 Å². The van der Waals surface area contributed by atoms with Gasteiger partial charge in [0.2, 0.25) is 5.70 Å². The molecule has 10 nitrogen and oxygen atoms in total. The smallest absolute Gasteiger partial charge is 0.410 e. The van der Waals surface area contributed by atoms with Crippen molar-refractivity contribution in [3.63, 3.8) is 0 Å². The van der Waals surface area contributed by atoms with E-state index >= 15 is 0 Å². The van der Waals surface area contributed by atoms with Gasteiger partial charge >= 0.3 is 6.09 Å². The molecule has 10 heteroatoms. The molecule has 4 heterocycles. The molecule has 46 heavy (non-hydrogen) atoms. The van der Waals surface area contributed by atoms with Gasteiger partial charge in [0.15, 0.2) is 0 Å². The number of hydrogen-bond donors (Lipinski definition) is 2. The van der Waals surface area contributed by atoms with Crippen molar-refractivity contribution in [2.45, 2.75) is 45.3 Å². The van der Waals surface area contributed by atoms with Crippen molar-refractivity contribution in [1.82, 2.24) is 20.1 Å². The molecule has 0 bridgehead atoms. The molecular formula is C36H43N8O2+. The number of allylic oxidation sites excluding steroid dienone is 2. The van der Waals surface area contributed by atoms with Crippen LogP contribution in [0, 0.1) is 5.92 Å². The van der Waals surface area contributed by atoms with E-state index in [-0.39, 0.29) is 10.7 Å². The number of hydrogen-bond acceptors (Lipinski definition) is 8. The molecule has 1 aliphatic carbocycles. The lowest BCUT2D eigenvalue weighted by Gasteiger charge is -2.38. The van der Waals surface area contributed by atoms with Crippen LogP contribution in [-0.2, 0) is 4.74 Å². The van der Waals surface area contributed by atoms with Gasteiger partial charge in [-0.05, 0) is 51.8 Å². The average molecular weight is 620 g/mol. The van der Waals surface area contributed by atoms with Crippen LogP contribution >= 0.6 is 0 Å². The van der Waals surface area contributed by atoms with Crippen molar-refractivity contribution in [3.8, 4) is 11.3 Å². The van der Waals surface area contributed by atoms with Crippen molar-refractivity contribution >= 4 is 29.0 Å². The summed E-state index contributed by atoms with van der Waals surface area (Å²) < 4.78 is 5.55. The normalized spacial score (nSPS) is 24.6. The molecule has 238 valence electrons. The number of pyridine rings is 1. The van der Waals surface area contributed by atoms with Crippen molar-refractivity contribution in [1.29, 1.82) is 0 Å². The van der Waals surface area contributed by atoms with E-state index in [2.05, 4.69) is 57.7 Å². The fourth-order valence-electron chi connectivity index (χ4n) is 6.65. The standard InChI is InChI=1S/C36H43N8O2/c1-36(2,3)46-35(45)43-18-16-42(17-19-43)15-13-39-29-21-28(22-29)33-32-24-38-14-20-44(32,37)34(41-33)27-10-9-26-11-12-30(40-31(26)23-27)25-7-5-4-6-8-25/h4-12,14,20,23-24,28-29,39H,13,15-19,21-22,37H2,1-3H3/q+1. The lowest BCUT2D eigenvalue weighted by Crippen LogP contribution is -2.53. The molecule has 1 atom stereocenters. The Labute approximate surface area is 270 Å². The maximum Gasteiger partial charge on any atom is 0.410 e. The number of benzene rings is 2. The van der Waals surface area contributed by atoms with Gasteiger partial charge in [0.1, 0.15) is 17.5 Å². The lowest BCUT2D eigenvalue weighted by molar-refractivity contribution is -0.750. The number of piperazine rings is 1. The number of aliphatic imine (C=N–C) groups is 2. The fourth-order valence-corrected chi connectivity index (χ4v) is 6.65. The molecule has 2 fully saturated rings. The molecular weight excluding hydrogens is 576 g/mol. The predicted molar refractivity (Wildman–Crippen MR) is 182 cm³/mol. The number of nitrogens with one attached hydrogen (secondary N) is 1. The first-order chi connectivity index (χ1) is 22.2. The number of fused-ring (bicyclic) bond motifs is 2. The Balaban J connectivity index is 0.979. The minimum absolute atomic E-state index is 0.0204. The van der Waals surface area contributed by atoms with E-state index in [4.69, 9.17) is 20.6 Å². The van der Waals surface area contributed by atoms with Gasteiger partial charge in [-0.1, -0.05) is 42.5 Å². The minimum atomic E-state index is -0.465. The molecule has 3 aromatic rings. The summed E-state index contributed by atoms with van der Waals surface area (Å²) in [6.45, 7) is 10.7. The molecule has 4 aliphatic rings. The number of carbonyl (C=O) groups is 1. The Kier molecular flexibility index (Phi) is 8.06. The molecule has 1 unspecified atom stereocenters. The zero-order valence-electron chi connectivity index (χ0n) is 26.9. The Morgan fingerprint density at radius 1 is 1.02 bits per heavy atom. The molecule has 0 spiro atoms. The van der Waals surface area contributed by atoms with E-state index in [1.165, 1.54) is 0 Å². The van der Waals surface area contributed by atoms with Crippen LogP contribution in [0.5, 0.6) is 0 Å². The number of amidine groups is 1. The fraction of sp³-hybridized carbons (Fsp3) is 0.389. The van der Waals surface area contributed by atoms with E-state index in [0.717, 1.165) is 84.0 Å². The molecule has 3 aliphatic heterocycles. The summed E-state index contributed by atoms with van der Waals surface area (Å²) in [4.78, 5) is 31.2. The van der Waals surface area contributed by atoms with E-state index in [1.54, 1.807) is 6.20 Å². The highest BCUT2D eigenvalue weighted by atomic mass is 16.6. The summed E-state index contributed by atoms with van der Waals surface area (Å²) in [5.74, 6) is 8.18. The molecule has 2 aromatic carbocycles. The SMILES string of the molecule is CC(C)(C)OC(=O)N1CCN(CCNC2CC(C3=C4C=NC=C[N+]4(N)C(c4ccc5ccc(-c6ccccc6)nc5c4)=N3)C2)CC1. The average Bonchev–Trinajstić information content (AvgIpc) is 3.34. The van der Waals surface area contributed by atoms with Crippen LogP contribution < -0.4 is 11.2 Å². The van der Waals surface area contributed by atoms with Crippen molar-refractivity contribution < 1.29 is 14.1 Å². The monoisotopic (exact) mass is 619 g/mol. The molecule has 0 radical (unpaired) electrons. The maximum atomic E-state index is 12.4. The molecule has 1 aromatic heterocycles. The van der Waals surface area contributed by atoms with Crippen LogP contribution in [0.3, 0.4) is 0 Å². The van der Waals surface area contributed by atoms with Gasteiger partial charge in [0.25, 0.3) is 5.84 Å². The number of rotatable bonds is 7. The second kappa shape index (κ2) is 12.2. The second-order valence-electron chi connectivity index (χ2n) is 13.7. The van der Waals surface area contributed by atoms with Gasteiger partial charge in [-0.2, -0.15) is 10.8 Å². The molecule has 1 saturated heterocycles. The Morgan fingerprint density at radius 3 is 2.54 bits per heavy atom. The highest BCUT2D eigenvalue weighted by molar-refractivity contribution is 6.02. The molecule has 1 saturated carbocycles. The van der Waals surface area contributed by atoms with Gasteiger partial charge in [-0.25, -0.2) is 9.78 Å². The lowest BCUT2D eigenvalue weighted by atomic mass is 9.77. The maximum absolute atomic E-state index is 12.4. The molecule has 7 rings (SSSR count). The molecule has 1 amide bonds. The summed E-state index contributed by atoms with van der Waals surface area (Å²) >= 11 is 0. The van der Waals surface area contributed by atoms with Crippen molar-refractivity contribution in [2.75, 3.05) is 39.3 Å². The summed E-state index contributed by atoms with van der Waals surface area (Å²) in [5.41, 5.74) is 5.41. The zero-order chi connectivity index (χ0) is 31.9. The second-order valence-corrected chi connectivity index (χ2v) is 13.7.